The SMILES string of the molecule is COc1ccc(C(C)NC(=O)c2ccc(S(=O)(=O)NCCC#N)cc2)cc1OC. The molecule has 154 valence electrons. The van der Waals surface area contributed by atoms with Gasteiger partial charge >= 0.3 is 0 Å². The lowest BCUT2D eigenvalue weighted by atomic mass is 10.1. The van der Waals surface area contributed by atoms with Gasteiger partial charge < -0.3 is 14.8 Å². The summed E-state index contributed by atoms with van der Waals surface area (Å²) in [5.41, 5.74) is 1.16. The predicted molar refractivity (Wildman–Crippen MR) is 107 cm³/mol. The molecule has 0 aliphatic carbocycles. The molecule has 0 saturated heterocycles. The number of carbonyl (C=O) groups excluding carboxylic acids is 1. The second-order valence-corrected chi connectivity index (χ2v) is 7.91. The first-order valence-electron chi connectivity index (χ1n) is 8.82. The second-order valence-electron chi connectivity index (χ2n) is 6.14. The first-order valence-corrected chi connectivity index (χ1v) is 10.3. The third kappa shape index (κ3) is 5.70. The molecule has 0 radical (unpaired) electrons. The van der Waals surface area contributed by atoms with Crippen LogP contribution in [-0.2, 0) is 10.0 Å². The van der Waals surface area contributed by atoms with Gasteiger partial charge in [0, 0.05) is 18.5 Å². The van der Waals surface area contributed by atoms with Gasteiger partial charge in [-0.05, 0) is 48.9 Å². The molecule has 1 unspecified atom stereocenters. The number of nitriles is 1. The summed E-state index contributed by atoms with van der Waals surface area (Å²) in [6, 6.07) is 12.5. The number of nitrogens with zero attached hydrogens (tertiary/aromatic N) is 1. The van der Waals surface area contributed by atoms with Crippen molar-refractivity contribution in [3.63, 3.8) is 0 Å². The average molecular weight is 417 g/mol. The number of nitrogens with one attached hydrogen (secondary N) is 2. The van der Waals surface area contributed by atoms with E-state index in [0.29, 0.717) is 17.1 Å². The molecule has 0 aliphatic rings. The number of sulfonamides is 1. The standard InChI is InChI=1S/C20H23N3O5S/c1-14(16-7-10-18(27-2)19(13-16)28-3)23-20(24)15-5-8-17(9-6-15)29(25,26)22-12-4-11-21/h5-10,13-14,22H,4,12H2,1-3H3,(H,23,24). The average Bonchev–Trinajstić information content (AvgIpc) is 2.73. The van der Waals surface area contributed by atoms with Crippen LogP contribution in [0.15, 0.2) is 47.4 Å². The highest BCUT2D eigenvalue weighted by Crippen LogP contribution is 2.30. The van der Waals surface area contributed by atoms with Crippen LogP contribution in [0.25, 0.3) is 0 Å². The number of methoxy groups -OCH3 is 2. The summed E-state index contributed by atoms with van der Waals surface area (Å²) in [5, 5.41) is 11.4. The lowest BCUT2D eigenvalue weighted by Gasteiger charge is -2.17. The molecule has 0 fully saturated rings. The van der Waals surface area contributed by atoms with Gasteiger partial charge in [0.1, 0.15) is 0 Å². The summed E-state index contributed by atoms with van der Waals surface area (Å²) in [6.07, 6.45) is 0.0771. The van der Waals surface area contributed by atoms with Crippen molar-refractivity contribution in [3.8, 4) is 17.6 Å². The Hall–Kier alpha value is -3.09. The molecular weight excluding hydrogens is 394 g/mol. The Morgan fingerprint density at radius 3 is 2.34 bits per heavy atom. The lowest BCUT2D eigenvalue weighted by Crippen LogP contribution is -2.27. The minimum Gasteiger partial charge on any atom is -0.493 e. The van der Waals surface area contributed by atoms with Crippen molar-refractivity contribution in [2.75, 3.05) is 20.8 Å². The maximum Gasteiger partial charge on any atom is 0.251 e. The van der Waals surface area contributed by atoms with Crippen molar-refractivity contribution < 1.29 is 22.7 Å². The zero-order valence-electron chi connectivity index (χ0n) is 16.4. The second kappa shape index (κ2) is 9.91. The number of rotatable bonds is 9. The van der Waals surface area contributed by atoms with E-state index < -0.39 is 10.0 Å². The minimum absolute atomic E-state index is 0.0277. The molecule has 0 aromatic heterocycles. The normalized spacial score (nSPS) is 11.9. The molecule has 2 aromatic rings. The van der Waals surface area contributed by atoms with Crippen LogP contribution < -0.4 is 19.5 Å². The van der Waals surface area contributed by atoms with Gasteiger partial charge in [0.15, 0.2) is 11.5 Å². The van der Waals surface area contributed by atoms with Gasteiger partial charge in [0.25, 0.3) is 5.91 Å². The van der Waals surface area contributed by atoms with Crippen molar-refractivity contribution in [2.24, 2.45) is 0 Å². The highest BCUT2D eigenvalue weighted by atomic mass is 32.2. The number of hydrogen-bond donors (Lipinski definition) is 2. The van der Waals surface area contributed by atoms with Crippen molar-refractivity contribution in [3.05, 3.63) is 53.6 Å². The smallest absolute Gasteiger partial charge is 0.251 e. The molecule has 0 bridgehead atoms. The summed E-state index contributed by atoms with van der Waals surface area (Å²) in [6.45, 7) is 1.86. The number of benzene rings is 2. The Labute approximate surface area is 170 Å². The van der Waals surface area contributed by atoms with E-state index in [0.717, 1.165) is 5.56 Å². The molecule has 0 spiro atoms. The van der Waals surface area contributed by atoms with E-state index in [1.54, 1.807) is 19.2 Å². The molecule has 29 heavy (non-hydrogen) atoms. The van der Waals surface area contributed by atoms with Crippen LogP contribution in [-0.4, -0.2) is 35.1 Å². The van der Waals surface area contributed by atoms with E-state index in [4.69, 9.17) is 14.7 Å². The van der Waals surface area contributed by atoms with Crippen LogP contribution >= 0.6 is 0 Å². The Balaban J connectivity index is 2.08. The predicted octanol–water partition coefficient (Wildman–Crippen LogP) is 2.39. The number of ether oxygens (including phenoxy) is 2. The molecule has 0 aliphatic heterocycles. The molecule has 2 rings (SSSR count). The molecule has 1 atom stereocenters. The van der Waals surface area contributed by atoms with Crippen molar-refractivity contribution in [2.45, 2.75) is 24.3 Å². The Morgan fingerprint density at radius 2 is 1.76 bits per heavy atom. The van der Waals surface area contributed by atoms with Crippen LogP contribution in [0.3, 0.4) is 0 Å². The van der Waals surface area contributed by atoms with Crippen LogP contribution in [0.4, 0.5) is 0 Å². The zero-order chi connectivity index (χ0) is 21.4. The number of hydrogen-bond acceptors (Lipinski definition) is 6. The fraction of sp³-hybridized carbons (Fsp3) is 0.300. The third-order valence-electron chi connectivity index (χ3n) is 4.21. The van der Waals surface area contributed by atoms with Gasteiger partial charge in [0.2, 0.25) is 10.0 Å². The van der Waals surface area contributed by atoms with Gasteiger partial charge in [-0.3, -0.25) is 4.79 Å². The first-order chi connectivity index (χ1) is 13.8. The molecule has 1 amide bonds. The fourth-order valence-electron chi connectivity index (χ4n) is 2.60. The highest BCUT2D eigenvalue weighted by Gasteiger charge is 2.16. The first kappa shape index (κ1) is 22.2. The molecule has 0 saturated carbocycles. The van der Waals surface area contributed by atoms with Crippen LogP contribution in [0.2, 0.25) is 0 Å². The van der Waals surface area contributed by atoms with Gasteiger partial charge in [0.05, 0.1) is 31.2 Å². The summed E-state index contributed by atoms with van der Waals surface area (Å²) in [7, 11) is -0.629. The molecular formula is C20H23N3O5S. The number of amides is 1. The largest absolute Gasteiger partial charge is 0.493 e. The van der Waals surface area contributed by atoms with Crippen molar-refractivity contribution in [1.82, 2.24) is 10.0 Å². The number of carbonyl (C=O) groups is 1. The Morgan fingerprint density at radius 1 is 1.10 bits per heavy atom. The van der Waals surface area contributed by atoms with Crippen molar-refractivity contribution in [1.29, 1.82) is 5.26 Å². The summed E-state index contributed by atoms with van der Waals surface area (Å²) in [4.78, 5) is 12.5. The minimum atomic E-state index is -3.71. The monoisotopic (exact) mass is 417 g/mol. The highest BCUT2D eigenvalue weighted by molar-refractivity contribution is 7.89. The van der Waals surface area contributed by atoms with Gasteiger partial charge in [-0.2, -0.15) is 5.26 Å². The van der Waals surface area contributed by atoms with E-state index in [-0.39, 0.29) is 29.8 Å². The molecule has 2 aromatic carbocycles. The van der Waals surface area contributed by atoms with Gasteiger partial charge in [-0.25, -0.2) is 13.1 Å². The molecule has 2 N–H and O–H groups in total. The topological polar surface area (TPSA) is 118 Å². The molecule has 8 nitrogen and oxygen atoms in total. The van der Waals surface area contributed by atoms with E-state index in [9.17, 15) is 13.2 Å². The van der Waals surface area contributed by atoms with Crippen LogP contribution in [0.1, 0.15) is 35.3 Å². The van der Waals surface area contributed by atoms with E-state index >= 15 is 0 Å². The molecule has 9 heteroatoms. The van der Waals surface area contributed by atoms with Gasteiger partial charge in [-0.1, -0.05) is 6.07 Å². The van der Waals surface area contributed by atoms with Gasteiger partial charge in [-0.15, -0.1) is 0 Å². The summed E-state index contributed by atoms with van der Waals surface area (Å²) in [5.74, 6) is 0.813. The van der Waals surface area contributed by atoms with Crippen molar-refractivity contribution >= 4 is 15.9 Å². The van der Waals surface area contributed by atoms with Crippen LogP contribution in [0, 0.1) is 11.3 Å². The fourth-order valence-corrected chi connectivity index (χ4v) is 3.63. The summed E-state index contributed by atoms with van der Waals surface area (Å²) < 4.78 is 37.1. The third-order valence-corrected chi connectivity index (χ3v) is 5.69. The molecule has 0 heterocycles. The van der Waals surface area contributed by atoms with Crippen LogP contribution in [0.5, 0.6) is 11.5 Å². The lowest BCUT2D eigenvalue weighted by molar-refractivity contribution is 0.0939. The van der Waals surface area contributed by atoms with E-state index in [1.807, 2.05) is 19.1 Å². The maximum atomic E-state index is 12.5. The Kier molecular flexibility index (Phi) is 7.59. The van der Waals surface area contributed by atoms with E-state index in [2.05, 4.69) is 10.0 Å². The Bertz CT molecular complexity index is 998. The quantitative estimate of drug-likeness (QED) is 0.605. The maximum absolute atomic E-state index is 12.5. The summed E-state index contributed by atoms with van der Waals surface area (Å²) >= 11 is 0. The van der Waals surface area contributed by atoms with E-state index in [1.165, 1.54) is 31.4 Å². The zero-order valence-corrected chi connectivity index (χ0v) is 17.2.